The second-order valence-corrected chi connectivity index (χ2v) is 6.05. The topological polar surface area (TPSA) is 21.3 Å². The summed E-state index contributed by atoms with van der Waals surface area (Å²) in [7, 11) is 0. The van der Waals surface area contributed by atoms with Gasteiger partial charge in [0.2, 0.25) is 0 Å². The normalized spacial score (nSPS) is 26.7. The molecule has 0 amide bonds. The lowest BCUT2D eigenvalue weighted by atomic mass is 9.96. The molecule has 1 N–H and O–H groups in total. The zero-order chi connectivity index (χ0) is 12.6. The third-order valence-electron chi connectivity index (χ3n) is 4.30. The molecular weight excluding hydrogens is 222 g/mol. The van der Waals surface area contributed by atoms with Crippen LogP contribution in [0.15, 0.2) is 18.2 Å². The van der Waals surface area contributed by atoms with Gasteiger partial charge in [0.1, 0.15) is 0 Å². The van der Waals surface area contributed by atoms with Gasteiger partial charge in [0.25, 0.3) is 0 Å². The second-order valence-electron chi connectivity index (χ2n) is 6.05. The van der Waals surface area contributed by atoms with Gasteiger partial charge in [-0.15, -0.1) is 0 Å². The van der Waals surface area contributed by atoms with Crippen LogP contribution in [0.1, 0.15) is 48.5 Å². The maximum Gasteiger partial charge on any atom is 0.0957 e. The lowest BCUT2D eigenvalue weighted by Gasteiger charge is -2.39. The van der Waals surface area contributed by atoms with Gasteiger partial charge < -0.3 is 10.1 Å². The fourth-order valence-corrected chi connectivity index (χ4v) is 3.51. The average molecular weight is 245 g/mol. The first-order valence-corrected chi connectivity index (χ1v) is 7.14. The lowest BCUT2D eigenvalue weighted by molar-refractivity contribution is -0.114. The zero-order valence-electron chi connectivity index (χ0n) is 11.5. The molecule has 1 heterocycles. The monoisotopic (exact) mass is 245 g/mol. The number of hydrogen-bond donors (Lipinski definition) is 1. The van der Waals surface area contributed by atoms with Crippen molar-refractivity contribution in [2.45, 2.75) is 51.2 Å². The number of hydrogen-bond acceptors (Lipinski definition) is 2. The van der Waals surface area contributed by atoms with Gasteiger partial charge in [0, 0.05) is 13.1 Å². The van der Waals surface area contributed by atoms with Crippen molar-refractivity contribution in [2.75, 3.05) is 13.1 Å². The smallest absolute Gasteiger partial charge is 0.0957 e. The Morgan fingerprint density at radius 2 is 1.78 bits per heavy atom. The van der Waals surface area contributed by atoms with E-state index < -0.39 is 0 Å². The van der Waals surface area contributed by atoms with E-state index in [9.17, 15) is 0 Å². The first-order valence-electron chi connectivity index (χ1n) is 7.14. The van der Waals surface area contributed by atoms with Crippen LogP contribution in [0.2, 0.25) is 0 Å². The van der Waals surface area contributed by atoms with E-state index in [0.717, 1.165) is 13.1 Å². The van der Waals surface area contributed by atoms with Gasteiger partial charge in [-0.3, -0.25) is 0 Å². The van der Waals surface area contributed by atoms with Crippen LogP contribution in [-0.2, 0) is 4.74 Å². The van der Waals surface area contributed by atoms with Crippen LogP contribution in [0.3, 0.4) is 0 Å². The van der Waals surface area contributed by atoms with Gasteiger partial charge in [-0.1, -0.05) is 42.2 Å². The molecule has 1 aromatic carbocycles. The summed E-state index contributed by atoms with van der Waals surface area (Å²) >= 11 is 0. The van der Waals surface area contributed by atoms with E-state index in [4.69, 9.17) is 4.74 Å². The summed E-state index contributed by atoms with van der Waals surface area (Å²) in [5, 5.41) is 3.58. The van der Waals surface area contributed by atoms with E-state index >= 15 is 0 Å². The van der Waals surface area contributed by atoms with Crippen molar-refractivity contribution in [3.05, 3.63) is 34.9 Å². The number of nitrogens with one attached hydrogen (secondary N) is 1. The Bertz CT molecular complexity index is 414. The van der Waals surface area contributed by atoms with Crippen molar-refractivity contribution >= 4 is 0 Å². The fraction of sp³-hybridized carbons (Fsp3) is 0.625. The number of aryl methyl sites for hydroxylation is 2. The molecule has 1 saturated heterocycles. The molecule has 1 aromatic rings. The van der Waals surface area contributed by atoms with Crippen LogP contribution in [0, 0.1) is 13.8 Å². The van der Waals surface area contributed by atoms with Gasteiger partial charge in [-0.25, -0.2) is 0 Å². The molecule has 98 valence electrons. The van der Waals surface area contributed by atoms with E-state index in [1.807, 2.05) is 0 Å². The molecular formula is C16H23NO. The Hall–Kier alpha value is -0.860. The predicted molar refractivity (Wildman–Crippen MR) is 73.8 cm³/mol. The summed E-state index contributed by atoms with van der Waals surface area (Å²) in [6, 6.07) is 6.77. The van der Waals surface area contributed by atoms with Crippen LogP contribution in [-0.4, -0.2) is 18.7 Å². The third-order valence-corrected chi connectivity index (χ3v) is 4.30. The first kappa shape index (κ1) is 12.2. The van der Waals surface area contributed by atoms with Gasteiger partial charge in [0.15, 0.2) is 0 Å². The van der Waals surface area contributed by atoms with E-state index in [1.54, 1.807) is 0 Å². The Kier molecular flexibility index (Phi) is 3.16. The predicted octanol–water partition coefficient (Wildman–Crippen LogP) is 3.28. The summed E-state index contributed by atoms with van der Waals surface area (Å²) in [5.74, 6) is 0. The lowest BCUT2D eigenvalue weighted by Crippen LogP contribution is -2.49. The van der Waals surface area contributed by atoms with Crippen LogP contribution >= 0.6 is 0 Å². The molecule has 1 atom stereocenters. The Morgan fingerprint density at radius 1 is 1.11 bits per heavy atom. The van der Waals surface area contributed by atoms with Gasteiger partial charge in [0.05, 0.1) is 11.7 Å². The van der Waals surface area contributed by atoms with Crippen molar-refractivity contribution in [3.63, 3.8) is 0 Å². The van der Waals surface area contributed by atoms with Gasteiger partial charge in [-0.2, -0.15) is 0 Å². The van der Waals surface area contributed by atoms with E-state index in [-0.39, 0.29) is 11.7 Å². The highest BCUT2D eigenvalue weighted by atomic mass is 16.5. The fourth-order valence-electron chi connectivity index (χ4n) is 3.51. The Morgan fingerprint density at radius 3 is 2.44 bits per heavy atom. The maximum atomic E-state index is 6.47. The van der Waals surface area contributed by atoms with E-state index in [1.165, 1.54) is 42.4 Å². The molecule has 2 aliphatic rings. The van der Waals surface area contributed by atoms with Crippen molar-refractivity contribution in [2.24, 2.45) is 0 Å². The number of morpholine rings is 1. The summed E-state index contributed by atoms with van der Waals surface area (Å²) in [6.07, 6.45) is 5.32. The minimum Gasteiger partial charge on any atom is -0.364 e. The Labute approximate surface area is 110 Å². The van der Waals surface area contributed by atoms with E-state index in [0.29, 0.717) is 0 Å². The third kappa shape index (κ3) is 2.32. The minimum absolute atomic E-state index is 0.126. The van der Waals surface area contributed by atoms with Crippen LogP contribution in [0.25, 0.3) is 0 Å². The molecule has 18 heavy (non-hydrogen) atoms. The van der Waals surface area contributed by atoms with Crippen LogP contribution < -0.4 is 5.32 Å². The van der Waals surface area contributed by atoms with Crippen LogP contribution in [0.4, 0.5) is 0 Å². The second kappa shape index (κ2) is 4.67. The maximum absolute atomic E-state index is 6.47. The molecule has 1 unspecified atom stereocenters. The van der Waals surface area contributed by atoms with Crippen molar-refractivity contribution in [1.29, 1.82) is 0 Å². The molecule has 3 rings (SSSR count). The zero-order valence-corrected chi connectivity index (χ0v) is 11.5. The van der Waals surface area contributed by atoms with Crippen molar-refractivity contribution in [1.82, 2.24) is 5.32 Å². The first-order chi connectivity index (χ1) is 8.67. The molecule has 1 spiro atoms. The van der Waals surface area contributed by atoms with E-state index in [2.05, 4.69) is 37.4 Å². The molecule has 2 fully saturated rings. The summed E-state index contributed by atoms with van der Waals surface area (Å²) < 4.78 is 6.47. The quantitative estimate of drug-likeness (QED) is 0.820. The highest BCUT2D eigenvalue weighted by Gasteiger charge is 2.40. The standard InChI is InChI=1S/C16H23NO/c1-12-7-13(2)9-14(8-12)15-10-17-11-16(18-15)5-3-4-6-16/h7-9,15,17H,3-6,10-11H2,1-2H3. The van der Waals surface area contributed by atoms with Crippen molar-refractivity contribution in [3.8, 4) is 0 Å². The molecule has 0 bridgehead atoms. The largest absolute Gasteiger partial charge is 0.364 e. The van der Waals surface area contributed by atoms with Crippen LogP contribution in [0.5, 0.6) is 0 Å². The SMILES string of the molecule is Cc1cc(C)cc(C2CNCC3(CCCC3)O2)c1. The van der Waals surface area contributed by atoms with Gasteiger partial charge >= 0.3 is 0 Å². The highest BCUT2D eigenvalue weighted by Crippen LogP contribution is 2.39. The average Bonchev–Trinajstić information content (AvgIpc) is 2.76. The molecule has 1 aliphatic heterocycles. The molecule has 0 aromatic heterocycles. The number of ether oxygens (including phenoxy) is 1. The van der Waals surface area contributed by atoms with Gasteiger partial charge in [-0.05, 0) is 32.3 Å². The number of benzene rings is 1. The molecule has 2 nitrogen and oxygen atoms in total. The van der Waals surface area contributed by atoms with Crippen molar-refractivity contribution < 1.29 is 4.74 Å². The highest BCUT2D eigenvalue weighted by molar-refractivity contribution is 5.30. The minimum atomic E-state index is 0.126. The number of rotatable bonds is 1. The molecule has 2 heteroatoms. The Balaban J connectivity index is 1.83. The molecule has 0 radical (unpaired) electrons. The summed E-state index contributed by atoms with van der Waals surface area (Å²) in [6.45, 7) is 6.31. The molecule has 1 saturated carbocycles. The summed E-state index contributed by atoms with van der Waals surface area (Å²) in [4.78, 5) is 0. The molecule has 1 aliphatic carbocycles. The summed E-state index contributed by atoms with van der Waals surface area (Å²) in [5.41, 5.74) is 4.13.